The SMILES string of the molecule is N#Cc1c(NC(=O)Nc2ccc(Cl)c(C(F)(F)F)c2)sc2c1CCCC2. The highest BCUT2D eigenvalue weighted by Crippen LogP contribution is 2.38. The van der Waals surface area contributed by atoms with Gasteiger partial charge in [0.05, 0.1) is 16.1 Å². The molecule has 0 spiro atoms. The van der Waals surface area contributed by atoms with E-state index in [1.165, 1.54) is 17.4 Å². The number of hydrogen-bond acceptors (Lipinski definition) is 3. The van der Waals surface area contributed by atoms with Crippen LogP contribution in [0.15, 0.2) is 18.2 Å². The Balaban J connectivity index is 1.78. The molecule has 0 aliphatic heterocycles. The number of halogens is 4. The zero-order chi connectivity index (χ0) is 18.9. The van der Waals surface area contributed by atoms with Crippen LogP contribution in [0.1, 0.15) is 34.4 Å². The Kier molecular flexibility index (Phi) is 5.12. The van der Waals surface area contributed by atoms with Gasteiger partial charge in [0.15, 0.2) is 0 Å². The molecule has 1 aromatic heterocycles. The van der Waals surface area contributed by atoms with Crippen molar-refractivity contribution < 1.29 is 18.0 Å². The second kappa shape index (κ2) is 7.17. The van der Waals surface area contributed by atoms with Gasteiger partial charge in [0, 0.05) is 10.6 Å². The van der Waals surface area contributed by atoms with Crippen LogP contribution in [0.3, 0.4) is 0 Å². The molecule has 1 aromatic carbocycles. The van der Waals surface area contributed by atoms with Crippen molar-refractivity contribution in [2.24, 2.45) is 0 Å². The fourth-order valence-electron chi connectivity index (χ4n) is 2.86. The van der Waals surface area contributed by atoms with Crippen LogP contribution in [0.25, 0.3) is 0 Å². The zero-order valence-electron chi connectivity index (χ0n) is 13.3. The van der Waals surface area contributed by atoms with Gasteiger partial charge in [0.1, 0.15) is 11.1 Å². The molecule has 4 nitrogen and oxygen atoms in total. The molecule has 0 fully saturated rings. The Morgan fingerprint density at radius 3 is 2.65 bits per heavy atom. The number of carbonyl (C=O) groups excluding carboxylic acids is 1. The van der Waals surface area contributed by atoms with Crippen molar-refractivity contribution in [3.8, 4) is 6.07 Å². The summed E-state index contributed by atoms with van der Waals surface area (Å²) in [4.78, 5) is 13.2. The lowest BCUT2D eigenvalue weighted by molar-refractivity contribution is -0.137. The number of aryl methyl sites for hydroxylation is 1. The summed E-state index contributed by atoms with van der Waals surface area (Å²) in [5.41, 5.74) is 0.331. The first-order chi connectivity index (χ1) is 12.3. The highest BCUT2D eigenvalue weighted by atomic mass is 35.5. The standard InChI is InChI=1S/C17H13ClF3N3OS/c18-13-6-5-9(7-12(13)17(19,20)21)23-16(25)24-15-11(8-22)10-3-1-2-4-14(10)26-15/h5-7H,1-4H2,(H2,23,24,25). The Morgan fingerprint density at radius 1 is 1.23 bits per heavy atom. The highest BCUT2D eigenvalue weighted by molar-refractivity contribution is 7.16. The minimum atomic E-state index is -4.62. The number of nitrogens with zero attached hydrogens (tertiary/aromatic N) is 1. The summed E-state index contributed by atoms with van der Waals surface area (Å²) < 4.78 is 38.7. The summed E-state index contributed by atoms with van der Waals surface area (Å²) in [6.07, 6.45) is -0.926. The predicted octanol–water partition coefficient (Wildman–Crippen LogP) is 5.81. The van der Waals surface area contributed by atoms with Crippen LogP contribution in [-0.2, 0) is 19.0 Å². The molecule has 0 bridgehead atoms. The van der Waals surface area contributed by atoms with Gasteiger partial charge in [0.25, 0.3) is 0 Å². The quantitative estimate of drug-likeness (QED) is 0.668. The van der Waals surface area contributed by atoms with E-state index in [0.29, 0.717) is 10.6 Å². The highest BCUT2D eigenvalue weighted by Gasteiger charge is 2.33. The van der Waals surface area contributed by atoms with Crippen molar-refractivity contribution in [1.82, 2.24) is 0 Å². The maximum atomic E-state index is 12.9. The second-order valence-corrected chi connectivity index (χ2v) is 7.31. The molecule has 0 saturated heterocycles. The number of urea groups is 1. The van der Waals surface area contributed by atoms with E-state index < -0.39 is 22.8 Å². The van der Waals surface area contributed by atoms with Crippen LogP contribution >= 0.6 is 22.9 Å². The van der Waals surface area contributed by atoms with E-state index in [0.717, 1.165) is 48.3 Å². The molecule has 0 unspecified atom stereocenters. The molecule has 1 aliphatic rings. The number of thiophene rings is 1. The second-order valence-electron chi connectivity index (χ2n) is 5.80. The van der Waals surface area contributed by atoms with Gasteiger partial charge in [-0.25, -0.2) is 4.79 Å². The van der Waals surface area contributed by atoms with Crippen LogP contribution in [0.4, 0.5) is 28.7 Å². The van der Waals surface area contributed by atoms with Crippen LogP contribution < -0.4 is 10.6 Å². The lowest BCUT2D eigenvalue weighted by Gasteiger charge is -2.12. The fourth-order valence-corrected chi connectivity index (χ4v) is 4.32. The summed E-state index contributed by atoms with van der Waals surface area (Å²) in [6.45, 7) is 0. The van der Waals surface area contributed by atoms with E-state index >= 15 is 0 Å². The van der Waals surface area contributed by atoms with Gasteiger partial charge in [-0.3, -0.25) is 5.32 Å². The molecule has 2 amide bonds. The predicted molar refractivity (Wildman–Crippen MR) is 94.8 cm³/mol. The minimum absolute atomic E-state index is 0.0425. The van der Waals surface area contributed by atoms with Crippen molar-refractivity contribution in [1.29, 1.82) is 5.26 Å². The average Bonchev–Trinajstić information content (AvgIpc) is 2.92. The van der Waals surface area contributed by atoms with E-state index in [1.54, 1.807) is 0 Å². The molecule has 136 valence electrons. The number of nitrogens with one attached hydrogen (secondary N) is 2. The largest absolute Gasteiger partial charge is 0.417 e. The van der Waals surface area contributed by atoms with Gasteiger partial charge < -0.3 is 5.32 Å². The number of amides is 2. The molecule has 1 heterocycles. The van der Waals surface area contributed by atoms with Crippen LogP contribution in [0.2, 0.25) is 5.02 Å². The van der Waals surface area contributed by atoms with Gasteiger partial charge >= 0.3 is 12.2 Å². The Bertz CT molecular complexity index is 902. The summed E-state index contributed by atoms with van der Waals surface area (Å²) in [5, 5.41) is 14.3. The van der Waals surface area contributed by atoms with Gasteiger partial charge in [-0.05, 0) is 49.4 Å². The van der Waals surface area contributed by atoms with Crippen molar-refractivity contribution in [2.45, 2.75) is 31.9 Å². The van der Waals surface area contributed by atoms with Gasteiger partial charge in [0.2, 0.25) is 0 Å². The summed E-state index contributed by atoms with van der Waals surface area (Å²) in [7, 11) is 0. The number of anilines is 2. The lowest BCUT2D eigenvalue weighted by Crippen LogP contribution is -2.20. The van der Waals surface area contributed by atoms with Crippen LogP contribution in [0.5, 0.6) is 0 Å². The number of benzene rings is 1. The van der Waals surface area contributed by atoms with E-state index in [-0.39, 0.29) is 5.69 Å². The number of hydrogen-bond donors (Lipinski definition) is 2. The van der Waals surface area contributed by atoms with E-state index in [2.05, 4.69) is 16.7 Å². The summed E-state index contributed by atoms with van der Waals surface area (Å²) >= 11 is 6.90. The zero-order valence-corrected chi connectivity index (χ0v) is 14.9. The first-order valence-electron chi connectivity index (χ1n) is 7.79. The monoisotopic (exact) mass is 399 g/mol. The van der Waals surface area contributed by atoms with E-state index in [4.69, 9.17) is 11.6 Å². The maximum Gasteiger partial charge on any atom is 0.417 e. The topological polar surface area (TPSA) is 64.9 Å². The maximum absolute atomic E-state index is 12.9. The van der Waals surface area contributed by atoms with Crippen LogP contribution in [0, 0.1) is 11.3 Å². The molecular weight excluding hydrogens is 387 g/mol. The van der Waals surface area contributed by atoms with Crippen molar-refractivity contribution in [2.75, 3.05) is 10.6 Å². The molecule has 3 rings (SSSR count). The molecule has 0 atom stereocenters. The molecule has 2 aromatic rings. The first kappa shape index (κ1) is 18.5. The number of fused-ring (bicyclic) bond motifs is 1. The molecular formula is C17H13ClF3N3OS. The Morgan fingerprint density at radius 2 is 1.96 bits per heavy atom. The number of carbonyl (C=O) groups is 1. The molecule has 2 N–H and O–H groups in total. The van der Waals surface area contributed by atoms with E-state index in [1.807, 2.05) is 0 Å². The van der Waals surface area contributed by atoms with E-state index in [9.17, 15) is 23.2 Å². The van der Waals surface area contributed by atoms with Gasteiger partial charge in [-0.2, -0.15) is 18.4 Å². The number of nitriles is 1. The third kappa shape index (κ3) is 3.79. The minimum Gasteiger partial charge on any atom is -0.308 e. The molecule has 0 radical (unpaired) electrons. The van der Waals surface area contributed by atoms with Gasteiger partial charge in [-0.15, -0.1) is 11.3 Å². The third-order valence-electron chi connectivity index (χ3n) is 4.04. The lowest BCUT2D eigenvalue weighted by atomic mass is 9.96. The normalized spacial score (nSPS) is 13.7. The smallest absolute Gasteiger partial charge is 0.308 e. The summed E-state index contributed by atoms with van der Waals surface area (Å²) in [6, 6.07) is 4.52. The Hall–Kier alpha value is -2.24. The van der Waals surface area contributed by atoms with Crippen molar-refractivity contribution in [3.05, 3.63) is 44.8 Å². The van der Waals surface area contributed by atoms with Crippen LogP contribution in [-0.4, -0.2) is 6.03 Å². The van der Waals surface area contributed by atoms with Crippen molar-refractivity contribution >= 4 is 39.7 Å². The summed E-state index contributed by atoms with van der Waals surface area (Å²) in [5.74, 6) is 0. The molecule has 1 aliphatic carbocycles. The van der Waals surface area contributed by atoms with Gasteiger partial charge in [-0.1, -0.05) is 11.6 Å². The molecule has 9 heteroatoms. The number of rotatable bonds is 2. The molecule has 26 heavy (non-hydrogen) atoms. The molecule has 0 saturated carbocycles. The Labute approximate surface area is 156 Å². The third-order valence-corrected chi connectivity index (χ3v) is 5.58. The van der Waals surface area contributed by atoms with Crippen molar-refractivity contribution in [3.63, 3.8) is 0 Å². The number of alkyl halides is 3. The average molecular weight is 400 g/mol. The fraction of sp³-hybridized carbons (Fsp3) is 0.294. The first-order valence-corrected chi connectivity index (χ1v) is 8.98.